The van der Waals surface area contributed by atoms with Gasteiger partial charge in [0.05, 0.1) is 30.5 Å². The van der Waals surface area contributed by atoms with Crippen LogP contribution in [0.3, 0.4) is 0 Å². The van der Waals surface area contributed by atoms with E-state index in [4.69, 9.17) is 5.26 Å². The Balaban J connectivity index is 1.74. The van der Waals surface area contributed by atoms with Gasteiger partial charge in [-0.3, -0.25) is 4.68 Å². The lowest BCUT2D eigenvalue weighted by atomic mass is 10.1. The van der Waals surface area contributed by atoms with E-state index in [9.17, 15) is 5.11 Å². The van der Waals surface area contributed by atoms with Crippen molar-refractivity contribution >= 4 is 0 Å². The Bertz CT molecular complexity index is 583. The summed E-state index contributed by atoms with van der Waals surface area (Å²) >= 11 is 0. The molecule has 104 valence electrons. The number of aromatic nitrogens is 2. The van der Waals surface area contributed by atoms with Gasteiger partial charge in [-0.05, 0) is 30.2 Å². The SMILES string of the molecule is Cc1cnn(CCNCC(O)c2ccc(C#N)cc2)c1. The summed E-state index contributed by atoms with van der Waals surface area (Å²) in [6.07, 6.45) is 3.24. The van der Waals surface area contributed by atoms with E-state index in [-0.39, 0.29) is 0 Å². The van der Waals surface area contributed by atoms with Crippen LogP contribution < -0.4 is 5.32 Å². The molecule has 20 heavy (non-hydrogen) atoms. The third-order valence-electron chi connectivity index (χ3n) is 3.04. The summed E-state index contributed by atoms with van der Waals surface area (Å²) in [7, 11) is 0. The third-order valence-corrected chi connectivity index (χ3v) is 3.04. The van der Waals surface area contributed by atoms with Crippen LogP contribution in [0.2, 0.25) is 0 Å². The van der Waals surface area contributed by atoms with Gasteiger partial charge in [-0.2, -0.15) is 10.4 Å². The molecule has 0 saturated heterocycles. The fourth-order valence-corrected chi connectivity index (χ4v) is 1.92. The van der Waals surface area contributed by atoms with E-state index < -0.39 is 6.10 Å². The molecule has 0 radical (unpaired) electrons. The maximum atomic E-state index is 10.0. The number of nitrogens with zero attached hydrogens (tertiary/aromatic N) is 3. The molecule has 0 amide bonds. The van der Waals surface area contributed by atoms with Gasteiger partial charge in [-0.1, -0.05) is 12.1 Å². The fourth-order valence-electron chi connectivity index (χ4n) is 1.92. The van der Waals surface area contributed by atoms with Crippen molar-refractivity contribution in [3.05, 3.63) is 53.3 Å². The summed E-state index contributed by atoms with van der Waals surface area (Å²) < 4.78 is 1.87. The number of nitrogens with one attached hydrogen (secondary N) is 1. The molecule has 1 aromatic carbocycles. The van der Waals surface area contributed by atoms with Crippen LogP contribution in [0, 0.1) is 18.3 Å². The second-order valence-electron chi connectivity index (χ2n) is 4.73. The summed E-state index contributed by atoms with van der Waals surface area (Å²) in [5, 5.41) is 26.1. The van der Waals surface area contributed by atoms with E-state index in [1.807, 2.05) is 24.0 Å². The highest BCUT2D eigenvalue weighted by atomic mass is 16.3. The number of rotatable bonds is 6. The van der Waals surface area contributed by atoms with Crippen LogP contribution in [0.15, 0.2) is 36.7 Å². The van der Waals surface area contributed by atoms with E-state index in [0.717, 1.165) is 24.2 Å². The molecule has 1 heterocycles. The fraction of sp³-hybridized carbons (Fsp3) is 0.333. The van der Waals surface area contributed by atoms with Crippen LogP contribution in [-0.2, 0) is 6.54 Å². The predicted molar refractivity (Wildman–Crippen MR) is 76.0 cm³/mol. The predicted octanol–water partition coefficient (Wildman–Crippen LogP) is 1.39. The van der Waals surface area contributed by atoms with Crippen LogP contribution >= 0.6 is 0 Å². The van der Waals surface area contributed by atoms with Gasteiger partial charge < -0.3 is 10.4 Å². The first-order valence-corrected chi connectivity index (χ1v) is 6.57. The van der Waals surface area contributed by atoms with Crippen LogP contribution in [0.1, 0.15) is 22.8 Å². The van der Waals surface area contributed by atoms with Gasteiger partial charge in [0.1, 0.15) is 0 Å². The van der Waals surface area contributed by atoms with Crippen LogP contribution in [0.25, 0.3) is 0 Å². The number of nitriles is 1. The Labute approximate surface area is 118 Å². The zero-order valence-corrected chi connectivity index (χ0v) is 11.5. The molecule has 0 spiro atoms. The van der Waals surface area contributed by atoms with Crippen molar-refractivity contribution in [2.45, 2.75) is 19.6 Å². The number of hydrogen-bond donors (Lipinski definition) is 2. The van der Waals surface area contributed by atoms with Gasteiger partial charge in [0, 0.05) is 19.3 Å². The molecule has 0 fully saturated rings. The van der Waals surface area contributed by atoms with E-state index in [1.54, 1.807) is 24.3 Å². The second kappa shape index (κ2) is 6.85. The Morgan fingerprint density at radius 1 is 1.40 bits per heavy atom. The molecular weight excluding hydrogens is 252 g/mol. The van der Waals surface area contributed by atoms with Crippen LogP contribution in [0.5, 0.6) is 0 Å². The minimum atomic E-state index is -0.567. The number of aliphatic hydroxyl groups excluding tert-OH is 1. The van der Waals surface area contributed by atoms with Crippen molar-refractivity contribution in [1.29, 1.82) is 5.26 Å². The molecule has 0 aliphatic rings. The largest absolute Gasteiger partial charge is 0.387 e. The minimum absolute atomic E-state index is 0.478. The smallest absolute Gasteiger partial charge is 0.0991 e. The topological polar surface area (TPSA) is 73.9 Å². The molecule has 2 aromatic rings. The molecule has 0 saturated carbocycles. The van der Waals surface area contributed by atoms with Gasteiger partial charge in [-0.25, -0.2) is 0 Å². The molecule has 5 nitrogen and oxygen atoms in total. The average Bonchev–Trinajstić information content (AvgIpc) is 2.89. The first-order valence-electron chi connectivity index (χ1n) is 6.57. The van der Waals surface area contributed by atoms with Gasteiger partial charge in [-0.15, -0.1) is 0 Å². The molecule has 1 unspecified atom stereocenters. The molecule has 2 rings (SSSR count). The van der Waals surface area contributed by atoms with Crippen molar-refractivity contribution in [2.75, 3.05) is 13.1 Å². The van der Waals surface area contributed by atoms with Gasteiger partial charge in [0.2, 0.25) is 0 Å². The standard InChI is InChI=1S/C15H18N4O/c1-12-9-18-19(11-12)7-6-17-10-15(20)14-4-2-13(8-16)3-5-14/h2-5,9,11,15,17,20H,6-7,10H2,1H3. The Morgan fingerprint density at radius 2 is 2.15 bits per heavy atom. The lowest BCUT2D eigenvalue weighted by molar-refractivity contribution is 0.174. The average molecular weight is 270 g/mol. The molecule has 0 aliphatic heterocycles. The van der Waals surface area contributed by atoms with Crippen LogP contribution in [-0.4, -0.2) is 28.0 Å². The summed E-state index contributed by atoms with van der Waals surface area (Å²) in [5.74, 6) is 0. The Morgan fingerprint density at radius 3 is 2.75 bits per heavy atom. The minimum Gasteiger partial charge on any atom is -0.387 e. The lowest BCUT2D eigenvalue weighted by Crippen LogP contribution is -2.25. The summed E-state index contributed by atoms with van der Waals surface area (Å²) in [6, 6.07) is 9.04. The highest BCUT2D eigenvalue weighted by molar-refractivity contribution is 5.32. The van der Waals surface area contributed by atoms with Gasteiger partial charge >= 0.3 is 0 Å². The van der Waals surface area contributed by atoms with Crippen molar-refractivity contribution < 1.29 is 5.11 Å². The third kappa shape index (κ3) is 3.92. The number of hydrogen-bond acceptors (Lipinski definition) is 4. The normalized spacial score (nSPS) is 12.1. The molecule has 1 aromatic heterocycles. The molecule has 0 aliphatic carbocycles. The number of aryl methyl sites for hydroxylation is 1. The highest BCUT2D eigenvalue weighted by Gasteiger charge is 2.06. The summed E-state index contributed by atoms with van der Waals surface area (Å²) in [4.78, 5) is 0. The maximum absolute atomic E-state index is 10.0. The quantitative estimate of drug-likeness (QED) is 0.778. The van der Waals surface area contributed by atoms with Crippen molar-refractivity contribution in [2.24, 2.45) is 0 Å². The monoisotopic (exact) mass is 270 g/mol. The highest BCUT2D eigenvalue weighted by Crippen LogP contribution is 2.12. The first-order chi connectivity index (χ1) is 9.69. The zero-order valence-electron chi connectivity index (χ0n) is 11.5. The second-order valence-corrected chi connectivity index (χ2v) is 4.73. The molecule has 2 N–H and O–H groups in total. The molecule has 5 heteroatoms. The summed E-state index contributed by atoms with van der Waals surface area (Å²) in [5.41, 5.74) is 2.55. The zero-order chi connectivity index (χ0) is 14.4. The van der Waals surface area contributed by atoms with Crippen molar-refractivity contribution in [3.63, 3.8) is 0 Å². The summed E-state index contributed by atoms with van der Waals surface area (Å²) in [6.45, 7) is 4.00. The van der Waals surface area contributed by atoms with E-state index in [1.165, 1.54) is 0 Å². The number of benzene rings is 1. The lowest BCUT2D eigenvalue weighted by Gasteiger charge is -2.12. The van der Waals surface area contributed by atoms with Crippen molar-refractivity contribution in [3.8, 4) is 6.07 Å². The van der Waals surface area contributed by atoms with Crippen molar-refractivity contribution in [1.82, 2.24) is 15.1 Å². The molecular formula is C15H18N4O. The first kappa shape index (κ1) is 14.3. The maximum Gasteiger partial charge on any atom is 0.0991 e. The van der Waals surface area contributed by atoms with E-state index in [2.05, 4.69) is 16.5 Å². The number of aliphatic hydroxyl groups is 1. The molecule has 1 atom stereocenters. The Hall–Kier alpha value is -2.16. The van der Waals surface area contributed by atoms with Crippen LogP contribution in [0.4, 0.5) is 0 Å². The van der Waals surface area contributed by atoms with E-state index >= 15 is 0 Å². The van der Waals surface area contributed by atoms with E-state index in [0.29, 0.717) is 12.1 Å². The van der Waals surface area contributed by atoms with Gasteiger partial charge in [0.15, 0.2) is 0 Å². The Kier molecular flexibility index (Phi) is 4.88. The molecule has 0 bridgehead atoms. The van der Waals surface area contributed by atoms with Gasteiger partial charge in [0.25, 0.3) is 0 Å².